The molecule has 0 N–H and O–H groups in total. The van der Waals surface area contributed by atoms with Crippen LogP contribution in [0.2, 0.25) is 0 Å². The Morgan fingerprint density at radius 1 is 1.21 bits per heavy atom. The molecule has 0 bridgehead atoms. The molecule has 0 aliphatic rings. The van der Waals surface area contributed by atoms with E-state index < -0.39 is 0 Å². The first-order valence-electron chi connectivity index (χ1n) is 4.28. The van der Waals surface area contributed by atoms with Gasteiger partial charge in [-0.2, -0.15) is 21.4 Å². The van der Waals surface area contributed by atoms with Crippen LogP contribution in [-0.4, -0.2) is 18.2 Å². The number of rotatable bonds is 3. The number of aryl methyl sites for hydroxylation is 2. The molecule has 0 unspecified atom stereocenters. The molecule has 0 atom stereocenters. The second kappa shape index (κ2) is 8.54. The molecule has 1 aromatic rings. The van der Waals surface area contributed by atoms with E-state index in [0.29, 0.717) is 0 Å². The summed E-state index contributed by atoms with van der Waals surface area (Å²) in [5, 5.41) is 0. The molecule has 0 aromatic heterocycles. The number of carbonyl (C=O) groups excluding carboxylic acids is 2. The minimum absolute atomic E-state index is 0.250. The second-order valence-electron chi connectivity index (χ2n) is 2.81. The van der Waals surface area contributed by atoms with E-state index in [0.717, 1.165) is 0 Å². The van der Waals surface area contributed by atoms with Gasteiger partial charge in [-0.3, -0.25) is 0 Å². The van der Waals surface area contributed by atoms with Gasteiger partial charge in [0.25, 0.3) is 0 Å². The van der Waals surface area contributed by atoms with Crippen molar-refractivity contribution in [3.63, 3.8) is 0 Å². The van der Waals surface area contributed by atoms with Crippen molar-refractivity contribution in [1.82, 2.24) is 0 Å². The molecule has 0 saturated heterocycles. The molecule has 0 heterocycles. The summed E-state index contributed by atoms with van der Waals surface area (Å²) in [5.74, 6) is 1.23. The first kappa shape index (κ1) is 12.9. The van der Waals surface area contributed by atoms with Gasteiger partial charge < -0.3 is 0 Å². The number of thioether (sulfide) groups is 1. The Bertz CT molecular complexity index is 274. The first-order chi connectivity index (χ1) is 6.74. The normalized spacial score (nSPS) is 8.43. The van der Waals surface area contributed by atoms with Crippen LogP contribution in [-0.2, 0) is 16.0 Å². The SMILES string of the molecule is CSCCc1ccc(C)cc1.O=C=O. The van der Waals surface area contributed by atoms with Gasteiger partial charge in [0.05, 0.1) is 0 Å². The zero-order valence-electron chi connectivity index (χ0n) is 8.45. The van der Waals surface area contributed by atoms with Crippen LogP contribution >= 0.6 is 11.8 Å². The Morgan fingerprint density at radius 3 is 2.14 bits per heavy atom. The van der Waals surface area contributed by atoms with E-state index in [1.165, 1.54) is 23.3 Å². The van der Waals surface area contributed by atoms with Crippen LogP contribution in [0.15, 0.2) is 24.3 Å². The summed E-state index contributed by atoms with van der Waals surface area (Å²) >= 11 is 1.90. The highest BCUT2D eigenvalue weighted by molar-refractivity contribution is 7.98. The van der Waals surface area contributed by atoms with Gasteiger partial charge in [-0.05, 0) is 30.9 Å². The summed E-state index contributed by atoms with van der Waals surface area (Å²) in [6, 6.07) is 8.78. The lowest BCUT2D eigenvalue weighted by Crippen LogP contribution is -1.86. The van der Waals surface area contributed by atoms with E-state index in [1.807, 2.05) is 11.8 Å². The van der Waals surface area contributed by atoms with Crippen LogP contribution in [0.4, 0.5) is 0 Å². The van der Waals surface area contributed by atoms with Crippen LogP contribution in [0.25, 0.3) is 0 Å². The van der Waals surface area contributed by atoms with Gasteiger partial charge in [0.2, 0.25) is 0 Å². The number of hydrogen-bond acceptors (Lipinski definition) is 3. The molecule has 0 spiro atoms. The molecule has 0 radical (unpaired) electrons. The Balaban J connectivity index is 0.000000500. The lowest BCUT2D eigenvalue weighted by molar-refractivity contribution is -0.191. The van der Waals surface area contributed by atoms with E-state index in [2.05, 4.69) is 37.4 Å². The maximum atomic E-state index is 8.12. The standard InChI is InChI=1S/C10H14S.CO2/c1-9-3-5-10(6-4-9)7-8-11-2;2-1-3/h3-6H,7-8H2,1-2H3;. The molecule has 2 nitrogen and oxygen atoms in total. The van der Waals surface area contributed by atoms with Crippen molar-refractivity contribution < 1.29 is 9.59 Å². The fourth-order valence-corrected chi connectivity index (χ4v) is 1.41. The molecule has 1 aromatic carbocycles. The average molecular weight is 210 g/mol. The van der Waals surface area contributed by atoms with Gasteiger partial charge >= 0.3 is 6.15 Å². The van der Waals surface area contributed by atoms with Crippen LogP contribution in [0.1, 0.15) is 11.1 Å². The predicted octanol–water partition coefficient (Wildman–Crippen LogP) is 2.32. The maximum absolute atomic E-state index is 8.12. The molecular weight excluding hydrogens is 196 g/mol. The van der Waals surface area contributed by atoms with Gasteiger partial charge in [-0.25, -0.2) is 0 Å². The van der Waals surface area contributed by atoms with Gasteiger partial charge in [-0.1, -0.05) is 29.8 Å². The van der Waals surface area contributed by atoms with Crippen LogP contribution in [0.5, 0.6) is 0 Å². The van der Waals surface area contributed by atoms with Gasteiger partial charge in [0.15, 0.2) is 0 Å². The van der Waals surface area contributed by atoms with Crippen molar-refractivity contribution in [2.45, 2.75) is 13.3 Å². The fourth-order valence-electron chi connectivity index (χ4n) is 0.975. The monoisotopic (exact) mass is 210 g/mol. The van der Waals surface area contributed by atoms with Crippen LogP contribution in [0.3, 0.4) is 0 Å². The van der Waals surface area contributed by atoms with Gasteiger partial charge in [0, 0.05) is 0 Å². The molecule has 0 amide bonds. The van der Waals surface area contributed by atoms with Gasteiger partial charge in [-0.15, -0.1) is 0 Å². The van der Waals surface area contributed by atoms with E-state index >= 15 is 0 Å². The summed E-state index contributed by atoms with van der Waals surface area (Å²) in [6.45, 7) is 2.12. The highest BCUT2D eigenvalue weighted by Gasteiger charge is 1.90. The molecule has 0 fully saturated rings. The first-order valence-corrected chi connectivity index (χ1v) is 5.67. The van der Waals surface area contributed by atoms with Crippen molar-refractivity contribution in [3.8, 4) is 0 Å². The third kappa shape index (κ3) is 6.46. The topological polar surface area (TPSA) is 34.1 Å². The Labute approximate surface area is 88.7 Å². The third-order valence-corrected chi connectivity index (χ3v) is 2.33. The molecule has 0 aliphatic heterocycles. The van der Waals surface area contributed by atoms with Gasteiger partial charge in [0.1, 0.15) is 0 Å². The zero-order valence-corrected chi connectivity index (χ0v) is 9.26. The molecule has 0 aliphatic carbocycles. The fraction of sp³-hybridized carbons (Fsp3) is 0.364. The Kier molecular flexibility index (Phi) is 7.90. The Morgan fingerprint density at radius 2 is 1.71 bits per heavy atom. The minimum Gasteiger partial charge on any atom is -0.186 e. The molecule has 76 valence electrons. The molecule has 0 saturated carbocycles. The van der Waals surface area contributed by atoms with Crippen molar-refractivity contribution in [2.75, 3.05) is 12.0 Å². The molecule has 14 heavy (non-hydrogen) atoms. The van der Waals surface area contributed by atoms with E-state index in [9.17, 15) is 0 Å². The summed E-state index contributed by atoms with van der Waals surface area (Å²) in [7, 11) is 0. The van der Waals surface area contributed by atoms with E-state index in [1.54, 1.807) is 0 Å². The van der Waals surface area contributed by atoms with Crippen LogP contribution < -0.4 is 0 Å². The third-order valence-electron chi connectivity index (χ3n) is 1.72. The summed E-state index contributed by atoms with van der Waals surface area (Å²) in [4.78, 5) is 16.2. The molecule has 1 rings (SSSR count). The summed E-state index contributed by atoms with van der Waals surface area (Å²) < 4.78 is 0. The van der Waals surface area contributed by atoms with Crippen molar-refractivity contribution in [1.29, 1.82) is 0 Å². The number of hydrogen-bond donors (Lipinski definition) is 0. The average Bonchev–Trinajstić information content (AvgIpc) is 2.18. The highest BCUT2D eigenvalue weighted by atomic mass is 32.2. The van der Waals surface area contributed by atoms with Crippen molar-refractivity contribution >= 4 is 17.9 Å². The largest absolute Gasteiger partial charge is 0.373 e. The minimum atomic E-state index is 0.250. The van der Waals surface area contributed by atoms with E-state index in [4.69, 9.17) is 9.59 Å². The predicted molar refractivity (Wildman–Crippen MR) is 58.3 cm³/mol. The summed E-state index contributed by atoms with van der Waals surface area (Å²) in [5.41, 5.74) is 2.79. The zero-order chi connectivity index (χ0) is 10.8. The smallest absolute Gasteiger partial charge is 0.186 e. The van der Waals surface area contributed by atoms with Crippen molar-refractivity contribution in [2.24, 2.45) is 0 Å². The highest BCUT2D eigenvalue weighted by Crippen LogP contribution is 2.06. The maximum Gasteiger partial charge on any atom is 0.373 e. The Hall–Kier alpha value is -1.05. The molecular formula is C11H14O2S. The van der Waals surface area contributed by atoms with Crippen LogP contribution in [0, 0.1) is 6.92 Å². The van der Waals surface area contributed by atoms with E-state index in [-0.39, 0.29) is 6.15 Å². The molecule has 3 heteroatoms. The second-order valence-corrected chi connectivity index (χ2v) is 3.80. The summed E-state index contributed by atoms with van der Waals surface area (Å²) in [6.07, 6.45) is 3.59. The number of benzene rings is 1. The lowest BCUT2D eigenvalue weighted by atomic mass is 10.1. The van der Waals surface area contributed by atoms with Crippen molar-refractivity contribution in [3.05, 3.63) is 35.4 Å². The quantitative estimate of drug-likeness (QED) is 0.767. The lowest BCUT2D eigenvalue weighted by Gasteiger charge is -1.98.